The normalized spacial score (nSPS) is 11.5. The van der Waals surface area contributed by atoms with Crippen LogP contribution in [-0.4, -0.2) is 31.8 Å². The first-order valence-corrected chi connectivity index (χ1v) is 15.5. The largest absolute Gasteiger partial charge is 0.497 e. The third-order valence-electron chi connectivity index (χ3n) is 6.67. The molecule has 0 spiro atoms. The summed E-state index contributed by atoms with van der Waals surface area (Å²) in [6, 6.07) is 35.1. The molecule has 0 aromatic heterocycles. The molecule has 0 aliphatic rings. The summed E-state index contributed by atoms with van der Waals surface area (Å²) in [5, 5.41) is 10.7. The number of rotatable bonds is 6. The maximum absolute atomic E-state index is 5.77. The van der Waals surface area contributed by atoms with E-state index >= 15 is 0 Å². The molecule has 0 heterocycles. The Morgan fingerprint density at radius 2 is 0.824 bits per heavy atom. The van der Waals surface area contributed by atoms with E-state index < -0.39 is 17.6 Å². The highest BCUT2D eigenvalue weighted by atomic mass is 28.3. The summed E-state index contributed by atoms with van der Waals surface area (Å²) >= 11 is 0. The lowest BCUT2D eigenvalue weighted by molar-refractivity contribution is 0.418. The second kappa shape index (κ2) is 9.49. The lowest BCUT2D eigenvalue weighted by Gasteiger charge is -2.23. The second-order valence-electron chi connectivity index (χ2n) is 8.59. The van der Waals surface area contributed by atoms with Crippen LogP contribution in [0.2, 0.25) is 13.1 Å². The van der Waals surface area contributed by atoms with Crippen molar-refractivity contribution in [2.24, 2.45) is 0 Å². The Kier molecular flexibility index (Phi) is 6.26. The molecule has 2 nitrogen and oxygen atoms in total. The summed E-state index contributed by atoms with van der Waals surface area (Å²) in [5.74, 6) is 1.95. The van der Waals surface area contributed by atoms with Gasteiger partial charge in [0.1, 0.15) is 29.1 Å². The van der Waals surface area contributed by atoms with E-state index in [1.165, 1.54) is 42.3 Å². The fourth-order valence-electron chi connectivity index (χ4n) is 4.81. The molecule has 5 rings (SSSR count). The van der Waals surface area contributed by atoms with Crippen molar-refractivity contribution >= 4 is 59.9 Å². The van der Waals surface area contributed by atoms with Crippen molar-refractivity contribution in [1.82, 2.24) is 0 Å². The Hall–Kier alpha value is -3.35. The molecule has 0 bridgehead atoms. The van der Waals surface area contributed by atoms with Gasteiger partial charge in [-0.05, 0) is 56.2 Å². The van der Waals surface area contributed by atoms with Crippen LogP contribution in [0.25, 0.3) is 21.5 Å². The van der Waals surface area contributed by atoms with Gasteiger partial charge in [0.2, 0.25) is 0 Å². The average molecular weight is 477 g/mol. The lowest BCUT2D eigenvalue weighted by Crippen LogP contribution is -2.55. The predicted molar refractivity (Wildman–Crippen MR) is 149 cm³/mol. The zero-order valence-corrected chi connectivity index (χ0v) is 22.1. The van der Waals surface area contributed by atoms with Gasteiger partial charge in [0, 0.05) is 0 Å². The molecule has 0 aliphatic carbocycles. The van der Waals surface area contributed by atoms with E-state index in [1.807, 2.05) is 0 Å². The predicted octanol–water partition coefficient (Wildman–Crippen LogP) is 4.49. The zero-order valence-electron chi connectivity index (χ0n) is 20.1. The summed E-state index contributed by atoms with van der Waals surface area (Å²) in [4.78, 5) is 0. The molecule has 0 amide bonds. The maximum Gasteiger partial charge on any atom is 0.123 e. The van der Waals surface area contributed by atoms with Crippen LogP contribution >= 0.6 is 0 Å². The van der Waals surface area contributed by atoms with Crippen LogP contribution in [0.5, 0.6) is 11.5 Å². The van der Waals surface area contributed by atoms with Crippen molar-refractivity contribution in [2.45, 2.75) is 13.1 Å². The highest BCUT2D eigenvalue weighted by Crippen LogP contribution is 2.22. The van der Waals surface area contributed by atoms with Gasteiger partial charge in [-0.15, -0.1) is 0 Å². The molecule has 5 aromatic carbocycles. The van der Waals surface area contributed by atoms with Crippen molar-refractivity contribution < 1.29 is 9.47 Å². The van der Waals surface area contributed by atoms with Crippen LogP contribution in [0.3, 0.4) is 0 Å². The van der Waals surface area contributed by atoms with Gasteiger partial charge < -0.3 is 9.47 Å². The molecular formula is C30H28O2Si2. The van der Waals surface area contributed by atoms with Gasteiger partial charge in [-0.3, -0.25) is 0 Å². The van der Waals surface area contributed by atoms with E-state index in [2.05, 4.69) is 110 Å². The molecule has 0 saturated heterocycles. The monoisotopic (exact) mass is 476 g/mol. The number of benzene rings is 5. The average Bonchev–Trinajstić information content (AvgIpc) is 2.90. The van der Waals surface area contributed by atoms with Crippen molar-refractivity contribution in [2.75, 3.05) is 14.2 Å². The smallest absolute Gasteiger partial charge is 0.123 e. The van der Waals surface area contributed by atoms with E-state index in [9.17, 15) is 0 Å². The highest BCUT2D eigenvalue weighted by Gasteiger charge is 2.25. The Morgan fingerprint density at radius 3 is 1.24 bits per heavy atom. The summed E-state index contributed by atoms with van der Waals surface area (Å²) in [6.45, 7) is 4.79. The molecule has 0 unspecified atom stereocenters. The molecule has 0 saturated carbocycles. The summed E-state index contributed by atoms with van der Waals surface area (Å²) in [5.41, 5.74) is 0. The zero-order chi connectivity index (χ0) is 23.7. The van der Waals surface area contributed by atoms with Gasteiger partial charge in [-0.1, -0.05) is 96.3 Å². The van der Waals surface area contributed by atoms with Gasteiger partial charge in [-0.2, -0.15) is 0 Å². The molecule has 0 N–H and O–H groups in total. The van der Waals surface area contributed by atoms with Gasteiger partial charge in [0.15, 0.2) is 0 Å². The summed E-state index contributed by atoms with van der Waals surface area (Å²) in [6.07, 6.45) is 0. The fourth-order valence-corrected chi connectivity index (χ4v) is 10.0. The van der Waals surface area contributed by atoms with Crippen LogP contribution in [0.15, 0.2) is 97.1 Å². The Morgan fingerprint density at radius 1 is 0.441 bits per heavy atom. The van der Waals surface area contributed by atoms with Crippen molar-refractivity contribution in [3.05, 3.63) is 97.1 Å². The second-order valence-corrected chi connectivity index (χ2v) is 13.2. The fraction of sp³-hybridized carbons (Fsp3) is 0.133. The van der Waals surface area contributed by atoms with Crippen molar-refractivity contribution in [3.63, 3.8) is 0 Å². The van der Waals surface area contributed by atoms with E-state index in [0.29, 0.717) is 0 Å². The molecule has 34 heavy (non-hydrogen) atoms. The Balaban J connectivity index is 1.76. The Bertz CT molecular complexity index is 1370. The van der Waals surface area contributed by atoms with E-state index in [-0.39, 0.29) is 0 Å². The third kappa shape index (κ3) is 4.04. The van der Waals surface area contributed by atoms with Crippen molar-refractivity contribution in [1.29, 1.82) is 0 Å². The minimum atomic E-state index is -1.07. The number of fused-ring (bicyclic) bond motifs is 2. The number of hydrogen-bond acceptors (Lipinski definition) is 2. The topological polar surface area (TPSA) is 18.5 Å². The van der Waals surface area contributed by atoms with Crippen LogP contribution < -0.4 is 30.2 Å². The number of para-hydroxylation sites is 2. The number of ether oxygens (including phenoxy) is 2. The van der Waals surface area contributed by atoms with Gasteiger partial charge in [-0.25, -0.2) is 0 Å². The summed E-state index contributed by atoms with van der Waals surface area (Å²) in [7, 11) is 1.40. The van der Waals surface area contributed by atoms with Crippen LogP contribution in [0.1, 0.15) is 0 Å². The Labute approximate surface area is 205 Å². The first-order chi connectivity index (χ1) is 16.6. The summed E-state index contributed by atoms with van der Waals surface area (Å²) < 4.78 is 11.5. The van der Waals surface area contributed by atoms with E-state index in [0.717, 1.165) is 11.5 Å². The standard InChI is InChI=1S/C30H28O2Si2/c1-31-25-13-7-9-15-27(25)33(3)29-19-23-17-21-11-5-6-12-22(21)18-24(23)20-30(29)34(4)28-16-10-8-14-26(28)32-2/h5-20H,1-4H3. The molecule has 0 aliphatic heterocycles. The maximum atomic E-state index is 5.77. The van der Waals surface area contributed by atoms with Gasteiger partial charge >= 0.3 is 0 Å². The van der Waals surface area contributed by atoms with Crippen LogP contribution in [-0.2, 0) is 0 Å². The number of methoxy groups -OCH3 is 2. The third-order valence-corrected chi connectivity index (χ3v) is 11.8. The molecule has 2 radical (unpaired) electrons. The molecule has 0 fully saturated rings. The molecule has 5 aromatic rings. The van der Waals surface area contributed by atoms with Crippen LogP contribution in [0, 0.1) is 0 Å². The molecule has 4 heteroatoms. The van der Waals surface area contributed by atoms with E-state index in [1.54, 1.807) is 14.2 Å². The first-order valence-electron chi connectivity index (χ1n) is 11.5. The van der Waals surface area contributed by atoms with Gasteiger partial charge in [0.05, 0.1) is 14.2 Å². The lowest BCUT2D eigenvalue weighted by atomic mass is 10.0. The first kappa shape index (κ1) is 22.4. The minimum absolute atomic E-state index is 0.977. The molecule has 0 atom stereocenters. The molecular weight excluding hydrogens is 449 g/mol. The van der Waals surface area contributed by atoms with Crippen molar-refractivity contribution in [3.8, 4) is 11.5 Å². The molecule has 168 valence electrons. The SMILES string of the molecule is COc1ccccc1[Si](C)c1cc2cc3ccccc3cc2cc1[Si](C)c1ccccc1OC. The van der Waals surface area contributed by atoms with E-state index in [4.69, 9.17) is 9.47 Å². The van der Waals surface area contributed by atoms with Gasteiger partial charge in [0.25, 0.3) is 0 Å². The number of hydrogen-bond donors (Lipinski definition) is 0. The quantitative estimate of drug-likeness (QED) is 0.266. The highest BCUT2D eigenvalue weighted by molar-refractivity contribution is 6.94. The van der Waals surface area contributed by atoms with Crippen LogP contribution in [0.4, 0.5) is 0 Å². The minimum Gasteiger partial charge on any atom is -0.497 e.